The summed E-state index contributed by atoms with van der Waals surface area (Å²) in [4.78, 5) is 9.80. The molecule has 0 amide bonds. The Labute approximate surface area is 124 Å². The second kappa shape index (κ2) is 5.75. The number of benzene rings is 1. The number of nitrogens with one attached hydrogen (secondary N) is 1. The molecule has 0 spiro atoms. The number of halogens is 3. The van der Waals surface area contributed by atoms with Gasteiger partial charge in [0, 0.05) is 29.1 Å². The largest absolute Gasteiger partial charge is 0.418 e. The molecule has 1 aromatic rings. The van der Waals surface area contributed by atoms with E-state index in [0.29, 0.717) is 12.6 Å². The predicted octanol–water partition coefficient (Wildman–Crippen LogP) is 4.31. The highest BCUT2D eigenvalue weighted by molar-refractivity contribution is 8.00. The summed E-state index contributed by atoms with van der Waals surface area (Å²) >= 11 is 1.73. The molecule has 1 heterocycles. The minimum atomic E-state index is -4.63. The highest BCUT2D eigenvalue weighted by atomic mass is 32.2. The Bertz CT molecular complexity index is 543. The third-order valence-corrected chi connectivity index (χ3v) is 5.01. The molecule has 1 fully saturated rings. The van der Waals surface area contributed by atoms with Crippen LogP contribution < -0.4 is 5.32 Å². The van der Waals surface area contributed by atoms with Crippen molar-refractivity contribution in [3.05, 3.63) is 33.9 Å². The van der Waals surface area contributed by atoms with E-state index in [1.807, 2.05) is 6.92 Å². The number of nitrogens with zero attached hydrogens (tertiary/aromatic N) is 1. The summed E-state index contributed by atoms with van der Waals surface area (Å²) < 4.78 is 39.0. The normalized spacial score (nSPS) is 22.3. The van der Waals surface area contributed by atoms with Crippen molar-refractivity contribution in [2.75, 3.05) is 17.6 Å². The van der Waals surface area contributed by atoms with Crippen molar-refractivity contribution < 1.29 is 18.1 Å². The summed E-state index contributed by atoms with van der Waals surface area (Å²) in [5.41, 5.74) is -1.67. The van der Waals surface area contributed by atoms with Crippen molar-refractivity contribution in [3.8, 4) is 0 Å². The summed E-state index contributed by atoms with van der Waals surface area (Å²) in [6.07, 6.45) is -2.63. The first-order valence-corrected chi connectivity index (χ1v) is 7.43. The molecule has 0 saturated carbocycles. The molecule has 1 atom stereocenters. The first-order valence-electron chi connectivity index (χ1n) is 6.45. The van der Waals surface area contributed by atoms with Gasteiger partial charge in [-0.1, -0.05) is 0 Å². The molecule has 4 nitrogen and oxygen atoms in total. The molecule has 0 aliphatic carbocycles. The zero-order chi connectivity index (χ0) is 15.7. The minimum Gasteiger partial charge on any atom is -0.383 e. The fourth-order valence-electron chi connectivity index (χ4n) is 2.29. The molecule has 1 aliphatic rings. The Kier molecular flexibility index (Phi) is 4.36. The zero-order valence-corrected chi connectivity index (χ0v) is 12.2. The third-order valence-electron chi connectivity index (χ3n) is 3.47. The monoisotopic (exact) mass is 320 g/mol. The number of hydrogen-bond acceptors (Lipinski definition) is 4. The lowest BCUT2D eigenvalue weighted by molar-refractivity contribution is -0.385. The lowest BCUT2D eigenvalue weighted by atomic mass is 10.0. The molecule has 0 bridgehead atoms. The number of alkyl halides is 3. The summed E-state index contributed by atoms with van der Waals surface area (Å²) in [6.45, 7) is 2.41. The summed E-state index contributed by atoms with van der Waals surface area (Å²) in [5.74, 6) is 1.00. The van der Waals surface area contributed by atoms with Crippen molar-refractivity contribution in [2.24, 2.45) is 0 Å². The Morgan fingerprint density at radius 1 is 1.48 bits per heavy atom. The van der Waals surface area contributed by atoms with Gasteiger partial charge in [-0.2, -0.15) is 24.9 Å². The molecule has 2 rings (SSSR count). The van der Waals surface area contributed by atoms with E-state index in [-0.39, 0.29) is 10.4 Å². The quantitative estimate of drug-likeness (QED) is 0.663. The number of hydrogen-bond donors (Lipinski definition) is 1. The van der Waals surface area contributed by atoms with E-state index in [4.69, 9.17) is 0 Å². The smallest absolute Gasteiger partial charge is 0.383 e. The van der Waals surface area contributed by atoms with E-state index in [1.165, 1.54) is 0 Å². The van der Waals surface area contributed by atoms with E-state index in [9.17, 15) is 23.3 Å². The minimum absolute atomic E-state index is 0.0926. The van der Waals surface area contributed by atoms with Crippen LogP contribution in [-0.2, 0) is 6.18 Å². The van der Waals surface area contributed by atoms with Crippen LogP contribution in [0.25, 0.3) is 0 Å². The van der Waals surface area contributed by atoms with Crippen LogP contribution in [0.15, 0.2) is 18.2 Å². The number of nitro groups is 1. The number of non-ortho nitro benzene ring substituents is 1. The SMILES string of the molecule is CC1(CNc2ccc([N+](=O)[O-])cc2C(F)(F)F)CCCS1. The summed E-state index contributed by atoms with van der Waals surface area (Å²) in [7, 11) is 0. The Hall–Kier alpha value is -1.44. The van der Waals surface area contributed by atoms with Crippen LogP contribution >= 0.6 is 11.8 Å². The number of thioether (sulfide) groups is 1. The van der Waals surface area contributed by atoms with Gasteiger partial charge in [0.25, 0.3) is 5.69 Å². The van der Waals surface area contributed by atoms with Gasteiger partial charge >= 0.3 is 6.18 Å². The highest BCUT2D eigenvalue weighted by Gasteiger charge is 2.36. The molecule has 1 N–H and O–H groups in total. The van der Waals surface area contributed by atoms with Crippen LogP contribution in [-0.4, -0.2) is 22.0 Å². The Balaban J connectivity index is 2.23. The van der Waals surface area contributed by atoms with Gasteiger partial charge in [0.2, 0.25) is 0 Å². The molecule has 0 radical (unpaired) electrons. The van der Waals surface area contributed by atoms with Crippen molar-refractivity contribution in [1.29, 1.82) is 0 Å². The highest BCUT2D eigenvalue weighted by Crippen LogP contribution is 2.40. The molecule has 1 saturated heterocycles. The average molecular weight is 320 g/mol. The second-order valence-electron chi connectivity index (χ2n) is 5.24. The van der Waals surface area contributed by atoms with Gasteiger partial charge in [0.05, 0.1) is 10.5 Å². The number of nitro benzene ring substituents is 1. The van der Waals surface area contributed by atoms with Gasteiger partial charge < -0.3 is 5.32 Å². The fourth-order valence-corrected chi connectivity index (χ4v) is 3.54. The van der Waals surface area contributed by atoms with Crippen molar-refractivity contribution in [2.45, 2.75) is 30.7 Å². The summed E-state index contributed by atoms with van der Waals surface area (Å²) in [6, 6.07) is 2.79. The Morgan fingerprint density at radius 2 is 2.19 bits per heavy atom. The first kappa shape index (κ1) is 15.9. The lowest BCUT2D eigenvalue weighted by Gasteiger charge is -2.24. The molecule has 1 aliphatic heterocycles. The van der Waals surface area contributed by atoms with E-state index in [0.717, 1.165) is 30.7 Å². The van der Waals surface area contributed by atoms with Crippen molar-refractivity contribution in [3.63, 3.8) is 0 Å². The predicted molar refractivity (Wildman–Crippen MR) is 76.7 cm³/mol. The number of rotatable bonds is 4. The standard InChI is InChI=1S/C13H15F3N2O2S/c1-12(5-2-6-21-12)8-17-11-4-3-9(18(19)20)7-10(11)13(14,15)16/h3-4,7,17H,2,5-6,8H2,1H3. The molecule has 21 heavy (non-hydrogen) atoms. The van der Waals surface area contributed by atoms with Gasteiger partial charge in [0.1, 0.15) is 0 Å². The fraction of sp³-hybridized carbons (Fsp3) is 0.538. The van der Waals surface area contributed by atoms with Gasteiger partial charge in [0.15, 0.2) is 0 Å². The van der Waals surface area contributed by atoms with E-state index < -0.39 is 22.4 Å². The topological polar surface area (TPSA) is 55.2 Å². The van der Waals surface area contributed by atoms with Gasteiger partial charge in [-0.15, -0.1) is 0 Å². The molecular weight excluding hydrogens is 305 g/mol. The maximum absolute atomic E-state index is 13.0. The molecule has 1 aromatic carbocycles. The van der Waals surface area contributed by atoms with Crippen LogP contribution in [0.1, 0.15) is 25.3 Å². The van der Waals surface area contributed by atoms with Crippen LogP contribution in [0.5, 0.6) is 0 Å². The van der Waals surface area contributed by atoms with Crippen molar-refractivity contribution in [1.82, 2.24) is 0 Å². The second-order valence-corrected chi connectivity index (χ2v) is 6.92. The van der Waals surface area contributed by atoms with Crippen LogP contribution in [0.3, 0.4) is 0 Å². The van der Waals surface area contributed by atoms with Crippen LogP contribution in [0, 0.1) is 10.1 Å². The van der Waals surface area contributed by atoms with Gasteiger partial charge in [-0.25, -0.2) is 0 Å². The lowest BCUT2D eigenvalue weighted by Crippen LogP contribution is -2.28. The van der Waals surface area contributed by atoms with Crippen molar-refractivity contribution >= 4 is 23.1 Å². The molecule has 8 heteroatoms. The Morgan fingerprint density at radius 3 is 2.71 bits per heavy atom. The average Bonchev–Trinajstić information content (AvgIpc) is 2.82. The molecular formula is C13H15F3N2O2S. The van der Waals surface area contributed by atoms with Crippen LogP contribution in [0.4, 0.5) is 24.5 Å². The number of anilines is 1. The van der Waals surface area contributed by atoms with Gasteiger partial charge in [-0.3, -0.25) is 10.1 Å². The van der Waals surface area contributed by atoms with E-state index >= 15 is 0 Å². The van der Waals surface area contributed by atoms with Crippen LogP contribution in [0.2, 0.25) is 0 Å². The maximum atomic E-state index is 13.0. The molecule has 1 unspecified atom stereocenters. The van der Waals surface area contributed by atoms with Gasteiger partial charge in [-0.05, 0) is 31.6 Å². The van der Waals surface area contributed by atoms with E-state index in [2.05, 4.69) is 5.32 Å². The first-order chi connectivity index (χ1) is 9.71. The van der Waals surface area contributed by atoms with E-state index in [1.54, 1.807) is 11.8 Å². The maximum Gasteiger partial charge on any atom is 0.418 e. The summed E-state index contributed by atoms with van der Waals surface area (Å²) in [5, 5.41) is 13.4. The molecule has 116 valence electrons. The zero-order valence-electron chi connectivity index (χ0n) is 11.4. The third kappa shape index (κ3) is 3.81. The molecule has 0 aromatic heterocycles.